The van der Waals surface area contributed by atoms with E-state index in [2.05, 4.69) is 14.7 Å². The first-order valence-corrected chi connectivity index (χ1v) is 8.20. The molecule has 2 rings (SSSR count). The Balaban J connectivity index is 2.18. The van der Waals surface area contributed by atoms with Crippen molar-refractivity contribution in [2.75, 3.05) is 21.2 Å². The van der Waals surface area contributed by atoms with E-state index in [4.69, 9.17) is 4.84 Å². The molecule has 0 fully saturated rings. The summed E-state index contributed by atoms with van der Waals surface area (Å²) in [5.74, 6) is -1.66. The van der Waals surface area contributed by atoms with Crippen LogP contribution in [0.1, 0.15) is 11.5 Å². The Morgan fingerprint density at radius 2 is 1.80 bits per heavy atom. The Morgan fingerprint density at radius 1 is 1.20 bits per heavy atom. The fraction of sp³-hybridized carbons (Fsp3) is 0.385. The number of halogens is 3. The molecule has 0 amide bonds. The monoisotopic (exact) mass is 380 g/mol. The Hall–Kier alpha value is -2.02. The largest absolute Gasteiger partial charge is 0.471 e. The lowest BCUT2D eigenvalue weighted by molar-refractivity contribution is -0.159. The van der Waals surface area contributed by atoms with Crippen LogP contribution in [0.2, 0.25) is 0 Å². The van der Waals surface area contributed by atoms with Crippen LogP contribution < -0.4 is 0 Å². The number of nitrogens with zero attached hydrogens (tertiary/aromatic N) is 4. The zero-order chi connectivity index (χ0) is 18.8. The average Bonchev–Trinajstić information content (AvgIpc) is 3.03. The molecule has 0 atom stereocenters. The summed E-state index contributed by atoms with van der Waals surface area (Å²) < 4.78 is 67.4. The van der Waals surface area contributed by atoms with Gasteiger partial charge in [-0.15, -0.1) is 0 Å². The van der Waals surface area contributed by atoms with Crippen molar-refractivity contribution in [3.05, 3.63) is 35.7 Å². The van der Waals surface area contributed by atoms with E-state index in [0.29, 0.717) is 11.1 Å². The topological polar surface area (TPSA) is 88.8 Å². The van der Waals surface area contributed by atoms with Gasteiger partial charge < -0.3 is 4.52 Å². The summed E-state index contributed by atoms with van der Waals surface area (Å²) in [6, 6.07) is 5.96. The molecule has 1 aromatic carbocycles. The predicted molar refractivity (Wildman–Crippen MR) is 79.9 cm³/mol. The Morgan fingerprint density at radius 3 is 2.24 bits per heavy atom. The van der Waals surface area contributed by atoms with Crippen molar-refractivity contribution < 1.29 is 30.9 Å². The maximum atomic E-state index is 12.5. The molecule has 0 bridgehead atoms. The summed E-state index contributed by atoms with van der Waals surface area (Å²) in [5.41, 5.74) is 0.845. The summed E-state index contributed by atoms with van der Waals surface area (Å²) in [5, 5.41) is 3.28. The lowest BCUT2D eigenvalue weighted by Gasteiger charge is -2.22. The summed E-state index contributed by atoms with van der Waals surface area (Å²) in [6.45, 7) is -0.0860. The molecule has 1 heterocycles. The van der Waals surface area contributed by atoms with Crippen molar-refractivity contribution in [2.45, 2.75) is 12.7 Å². The van der Waals surface area contributed by atoms with E-state index in [1.54, 1.807) is 0 Å². The number of hydrogen-bond donors (Lipinski definition) is 0. The first-order valence-electron chi connectivity index (χ1n) is 6.80. The van der Waals surface area contributed by atoms with Crippen LogP contribution in [-0.2, 0) is 27.8 Å². The third-order valence-corrected chi connectivity index (χ3v) is 4.83. The van der Waals surface area contributed by atoms with E-state index in [1.165, 1.54) is 45.5 Å². The Bertz CT molecular complexity index is 819. The number of benzene rings is 1. The summed E-state index contributed by atoms with van der Waals surface area (Å²) in [7, 11) is 0.153. The molecule has 0 aliphatic heterocycles. The number of hydrogen-bond acceptors (Lipinski definition) is 6. The smallest absolute Gasteiger partial charge is 0.329 e. The summed E-state index contributed by atoms with van der Waals surface area (Å²) in [6.07, 6.45) is -4.72. The standard InChI is InChI=1S/C13H15F3N4O4S/c1-19(2)25(21,22)20(23-3)8-9-4-6-10(7-5-9)11-17-12(24-18-11)13(14,15)16/h4-7H,8H2,1-3H3. The minimum atomic E-state index is -4.72. The molecule has 0 radical (unpaired) electrons. The second-order valence-corrected chi connectivity index (χ2v) is 7.08. The molecule has 0 N–H and O–H groups in total. The lowest BCUT2D eigenvalue weighted by atomic mass is 10.1. The average molecular weight is 380 g/mol. The molecule has 0 unspecified atom stereocenters. The Labute approximate surface area is 141 Å². The van der Waals surface area contributed by atoms with E-state index in [-0.39, 0.29) is 12.4 Å². The molecule has 0 spiro atoms. The first kappa shape index (κ1) is 19.3. The maximum absolute atomic E-state index is 12.5. The minimum absolute atomic E-state index is 0.0860. The molecule has 2 aromatic rings. The van der Waals surface area contributed by atoms with Crippen molar-refractivity contribution in [3.63, 3.8) is 0 Å². The zero-order valence-electron chi connectivity index (χ0n) is 13.5. The van der Waals surface area contributed by atoms with Crippen LogP contribution in [0.15, 0.2) is 28.8 Å². The number of aromatic nitrogens is 2. The van der Waals surface area contributed by atoms with Crippen LogP contribution in [0, 0.1) is 0 Å². The SMILES string of the molecule is CON(Cc1ccc(-c2noc(C(F)(F)F)n2)cc1)S(=O)(=O)N(C)C. The van der Waals surface area contributed by atoms with Crippen LogP contribution in [0.25, 0.3) is 11.4 Å². The number of alkyl halides is 3. The molecular formula is C13H15F3N4O4S. The van der Waals surface area contributed by atoms with Crippen molar-refractivity contribution in [1.82, 2.24) is 18.9 Å². The van der Waals surface area contributed by atoms with Gasteiger partial charge >= 0.3 is 22.3 Å². The fourth-order valence-electron chi connectivity index (χ4n) is 1.79. The van der Waals surface area contributed by atoms with Crippen molar-refractivity contribution in [3.8, 4) is 11.4 Å². The van der Waals surface area contributed by atoms with Crippen LogP contribution in [0.5, 0.6) is 0 Å². The molecule has 0 saturated carbocycles. The van der Waals surface area contributed by atoms with Gasteiger partial charge in [-0.2, -0.15) is 30.9 Å². The van der Waals surface area contributed by atoms with E-state index < -0.39 is 22.3 Å². The molecule has 8 nitrogen and oxygen atoms in total. The quantitative estimate of drug-likeness (QED) is 0.712. The van der Waals surface area contributed by atoms with Gasteiger partial charge in [0.1, 0.15) is 0 Å². The highest BCUT2D eigenvalue weighted by molar-refractivity contribution is 7.86. The summed E-state index contributed by atoms with van der Waals surface area (Å²) >= 11 is 0. The second-order valence-electron chi connectivity index (χ2n) is 5.05. The maximum Gasteiger partial charge on any atom is 0.471 e. The van der Waals surface area contributed by atoms with Gasteiger partial charge in [-0.25, -0.2) is 0 Å². The van der Waals surface area contributed by atoms with Crippen LogP contribution in [0.4, 0.5) is 13.2 Å². The zero-order valence-corrected chi connectivity index (χ0v) is 14.3. The third-order valence-electron chi connectivity index (χ3n) is 3.11. The third kappa shape index (κ3) is 4.34. The van der Waals surface area contributed by atoms with Gasteiger partial charge in [0.25, 0.3) is 0 Å². The molecule has 138 valence electrons. The van der Waals surface area contributed by atoms with E-state index >= 15 is 0 Å². The Kier molecular flexibility index (Phi) is 5.46. The van der Waals surface area contributed by atoms with Gasteiger partial charge in [-0.05, 0) is 5.56 Å². The molecule has 1 aromatic heterocycles. The molecule has 0 aliphatic carbocycles. The second kappa shape index (κ2) is 7.07. The molecule has 0 aliphatic rings. The van der Waals surface area contributed by atoms with Gasteiger partial charge in [0.05, 0.1) is 13.7 Å². The first-order chi connectivity index (χ1) is 11.6. The molecule has 0 saturated heterocycles. The van der Waals surface area contributed by atoms with Gasteiger partial charge in [0.2, 0.25) is 5.82 Å². The highest BCUT2D eigenvalue weighted by Crippen LogP contribution is 2.29. The van der Waals surface area contributed by atoms with Gasteiger partial charge in [0.15, 0.2) is 0 Å². The van der Waals surface area contributed by atoms with Crippen LogP contribution >= 0.6 is 0 Å². The minimum Gasteiger partial charge on any atom is -0.329 e. The van der Waals surface area contributed by atoms with Crippen molar-refractivity contribution >= 4 is 10.2 Å². The highest BCUT2D eigenvalue weighted by atomic mass is 32.2. The van der Waals surface area contributed by atoms with E-state index in [1.807, 2.05) is 0 Å². The molecule has 12 heteroatoms. The van der Waals surface area contributed by atoms with Crippen LogP contribution in [-0.4, -0.2) is 48.5 Å². The highest BCUT2D eigenvalue weighted by Gasteiger charge is 2.38. The van der Waals surface area contributed by atoms with Gasteiger partial charge in [-0.1, -0.05) is 33.9 Å². The number of rotatable bonds is 6. The molecular weight excluding hydrogens is 365 g/mol. The molecule has 25 heavy (non-hydrogen) atoms. The van der Waals surface area contributed by atoms with Crippen LogP contribution in [0.3, 0.4) is 0 Å². The number of hydroxylamine groups is 1. The van der Waals surface area contributed by atoms with Gasteiger partial charge in [0, 0.05) is 19.7 Å². The van der Waals surface area contributed by atoms with E-state index in [0.717, 1.165) is 8.77 Å². The van der Waals surface area contributed by atoms with E-state index in [9.17, 15) is 21.6 Å². The fourth-order valence-corrected chi connectivity index (χ4v) is 2.65. The van der Waals surface area contributed by atoms with Crippen molar-refractivity contribution in [2.24, 2.45) is 0 Å². The van der Waals surface area contributed by atoms with Gasteiger partial charge in [-0.3, -0.25) is 4.84 Å². The predicted octanol–water partition coefficient (Wildman–Crippen LogP) is 1.93. The lowest BCUT2D eigenvalue weighted by Crippen LogP contribution is -2.38. The van der Waals surface area contributed by atoms with Crippen molar-refractivity contribution in [1.29, 1.82) is 0 Å². The summed E-state index contributed by atoms with van der Waals surface area (Å²) in [4.78, 5) is 8.16. The normalized spacial score (nSPS) is 13.0.